The average Bonchev–Trinajstić information content (AvgIpc) is 3.10. The molecule has 28 heavy (non-hydrogen) atoms. The van der Waals surface area contributed by atoms with Crippen LogP contribution in [0.15, 0.2) is 66.3 Å². The molecule has 7 nitrogen and oxygen atoms in total. The molecule has 8 heteroatoms. The van der Waals surface area contributed by atoms with Gasteiger partial charge in [-0.3, -0.25) is 14.7 Å². The van der Waals surface area contributed by atoms with Crippen molar-refractivity contribution in [2.45, 2.75) is 23.9 Å². The second kappa shape index (κ2) is 8.71. The van der Waals surface area contributed by atoms with Gasteiger partial charge in [-0.2, -0.15) is 0 Å². The Morgan fingerprint density at radius 3 is 2.68 bits per heavy atom. The van der Waals surface area contributed by atoms with Crippen LogP contribution in [0.5, 0.6) is 5.75 Å². The lowest BCUT2D eigenvalue weighted by atomic mass is 10.1. The van der Waals surface area contributed by atoms with Crippen molar-refractivity contribution in [3.63, 3.8) is 0 Å². The van der Waals surface area contributed by atoms with Gasteiger partial charge in [0.2, 0.25) is 0 Å². The standard InChI is InChI=1S/C20H20N4O3S/c1-4-12-23-19(15-8-10-18(27-3)11-9-15)21-22-20(23)28-14(2)16-6-5-7-17(13-16)24(25)26/h4-11,13-14H,1,12H2,2-3H3/t14-/m1/s1. The van der Waals surface area contributed by atoms with Gasteiger partial charge in [-0.15, -0.1) is 16.8 Å². The topological polar surface area (TPSA) is 83.1 Å². The number of aromatic nitrogens is 3. The van der Waals surface area contributed by atoms with Crippen molar-refractivity contribution < 1.29 is 9.66 Å². The van der Waals surface area contributed by atoms with Crippen LogP contribution in [-0.2, 0) is 6.54 Å². The lowest BCUT2D eigenvalue weighted by Gasteiger charge is -2.13. The van der Waals surface area contributed by atoms with E-state index < -0.39 is 0 Å². The van der Waals surface area contributed by atoms with Crippen LogP contribution in [0.25, 0.3) is 11.4 Å². The number of hydrogen-bond acceptors (Lipinski definition) is 6. The van der Waals surface area contributed by atoms with Crippen LogP contribution in [0.2, 0.25) is 0 Å². The summed E-state index contributed by atoms with van der Waals surface area (Å²) in [5.74, 6) is 1.50. The van der Waals surface area contributed by atoms with E-state index in [1.54, 1.807) is 25.3 Å². The minimum absolute atomic E-state index is 0.0311. The molecule has 0 spiro atoms. The molecule has 0 amide bonds. The third-order valence-corrected chi connectivity index (χ3v) is 5.35. The van der Waals surface area contributed by atoms with Gasteiger partial charge in [-0.05, 0) is 36.8 Å². The van der Waals surface area contributed by atoms with Crippen LogP contribution in [-0.4, -0.2) is 26.8 Å². The maximum Gasteiger partial charge on any atom is 0.269 e. The third kappa shape index (κ3) is 4.23. The van der Waals surface area contributed by atoms with E-state index in [4.69, 9.17) is 4.74 Å². The highest BCUT2D eigenvalue weighted by atomic mass is 32.2. The van der Waals surface area contributed by atoms with Crippen molar-refractivity contribution in [2.24, 2.45) is 0 Å². The highest BCUT2D eigenvalue weighted by Gasteiger charge is 2.18. The largest absolute Gasteiger partial charge is 0.497 e. The quantitative estimate of drug-likeness (QED) is 0.233. The van der Waals surface area contributed by atoms with E-state index in [1.807, 2.05) is 41.8 Å². The number of nitro benzene ring substituents is 1. The summed E-state index contributed by atoms with van der Waals surface area (Å²) in [6.45, 7) is 6.37. The molecule has 0 aliphatic rings. The molecule has 0 unspecified atom stereocenters. The number of hydrogen-bond donors (Lipinski definition) is 0. The molecular formula is C20H20N4O3S. The monoisotopic (exact) mass is 396 g/mol. The zero-order valence-electron chi connectivity index (χ0n) is 15.6. The van der Waals surface area contributed by atoms with Crippen molar-refractivity contribution >= 4 is 17.4 Å². The summed E-state index contributed by atoms with van der Waals surface area (Å²) in [7, 11) is 1.62. The molecule has 0 saturated carbocycles. The van der Waals surface area contributed by atoms with Gasteiger partial charge < -0.3 is 4.74 Å². The lowest BCUT2D eigenvalue weighted by molar-refractivity contribution is -0.384. The molecule has 2 aromatic carbocycles. The van der Waals surface area contributed by atoms with Crippen LogP contribution in [0.3, 0.4) is 0 Å². The van der Waals surface area contributed by atoms with E-state index in [-0.39, 0.29) is 15.9 Å². The molecule has 1 atom stereocenters. The zero-order valence-corrected chi connectivity index (χ0v) is 16.4. The van der Waals surface area contributed by atoms with E-state index in [9.17, 15) is 10.1 Å². The van der Waals surface area contributed by atoms with Crippen LogP contribution in [0.1, 0.15) is 17.7 Å². The highest BCUT2D eigenvalue weighted by molar-refractivity contribution is 7.99. The molecule has 0 aliphatic heterocycles. The Morgan fingerprint density at radius 2 is 2.04 bits per heavy atom. The maximum absolute atomic E-state index is 11.0. The molecule has 3 rings (SSSR count). The first-order valence-corrected chi connectivity index (χ1v) is 9.51. The van der Waals surface area contributed by atoms with Gasteiger partial charge in [0, 0.05) is 29.5 Å². The summed E-state index contributed by atoms with van der Waals surface area (Å²) in [5, 5.41) is 20.4. The number of rotatable bonds is 8. The van der Waals surface area contributed by atoms with Gasteiger partial charge >= 0.3 is 0 Å². The zero-order chi connectivity index (χ0) is 20.1. The van der Waals surface area contributed by atoms with E-state index >= 15 is 0 Å². The molecule has 3 aromatic rings. The fraction of sp³-hybridized carbons (Fsp3) is 0.200. The Bertz CT molecular complexity index is 985. The molecule has 0 saturated heterocycles. The third-order valence-electron chi connectivity index (χ3n) is 4.21. The van der Waals surface area contributed by atoms with E-state index in [2.05, 4.69) is 16.8 Å². The van der Waals surface area contributed by atoms with Crippen molar-refractivity contribution in [2.75, 3.05) is 7.11 Å². The Hall–Kier alpha value is -3.13. The number of methoxy groups -OCH3 is 1. The lowest BCUT2D eigenvalue weighted by Crippen LogP contribution is -2.02. The highest BCUT2D eigenvalue weighted by Crippen LogP contribution is 2.36. The number of allylic oxidation sites excluding steroid dienone is 1. The second-order valence-corrected chi connectivity index (χ2v) is 7.35. The van der Waals surface area contributed by atoms with E-state index in [0.29, 0.717) is 6.54 Å². The predicted molar refractivity (Wildman–Crippen MR) is 110 cm³/mol. The van der Waals surface area contributed by atoms with Gasteiger partial charge in [0.25, 0.3) is 5.69 Å². The van der Waals surface area contributed by atoms with Crippen molar-refractivity contribution in [1.82, 2.24) is 14.8 Å². The number of ether oxygens (including phenoxy) is 1. The Kier molecular flexibility index (Phi) is 6.10. The normalized spacial score (nSPS) is 11.8. The SMILES string of the molecule is C=CCn1c(S[C@H](C)c2cccc([N+](=O)[O-])c2)nnc1-c1ccc(OC)cc1. The van der Waals surface area contributed by atoms with Gasteiger partial charge in [0.1, 0.15) is 5.75 Å². The molecule has 0 fully saturated rings. The fourth-order valence-electron chi connectivity index (χ4n) is 2.74. The molecule has 0 N–H and O–H groups in total. The second-order valence-electron chi connectivity index (χ2n) is 6.05. The maximum atomic E-state index is 11.0. The smallest absolute Gasteiger partial charge is 0.269 e. The number of thioether (sulfide) groups is 1. The number of non-ortho nitro benzene ring substituents is 1. The van der Waals surface area contributed by atoms with Gasteiger partial charge in [0.15, 0.2) is 11.0 Å². The Morgan fingerprint density at radius 1 is 1.29 bits per heavy atom. The molecule has 0 bridgehead atoms. The van der Waals surface area contributed by atoms with Crippen molar-refractivity contribution in [3.8, 4) is 17.1 Å². The average molecular weight is 396 g/mol. The molecular weight excluding hydrogens is 376 g/mol. The predicted octanol–water partition coefficient (Wildman–Crippen LogP) is 4.90. The van der Waals surface area contributed by atoms with E-state index in [0.717, 1.165) is 27.9 Å². The number of nitrogens with zero attached hydrogens (tertiary/aromatic N) is 4. The van der Waals surface area contributed by atoms with Crippen LogP contribution in [0.4, 0.5) is 5.69 Å². The molecule has 1 heterocycles. The number of nitro groups is 1. The van der Waals surface area contributed by atoms with E-state index in [1.165, 1.54) is 17.8 Å². The molecule has 1 aromatic heterocycles. The summed E-state index contributed by atoms with van der Waals surface area (Å²) in [4.78, 5) is 10.6. The summed E-state index contributed by atoms with van der Waals surface area (Å²) >= 11 is 1.50. The minimum atomic E-state index is -0.386. The first kappa shape index (κ1) is 19.6. The molecule has 0 radical (unpaired) electrons. The Labute approximate surface area is 167 Å². The summed E-state index contributed by atoms with van der Waals surface area (Å²) in [6.07, 6.45) is 1.79. The van der Waals surface area contributed by atoms with Gasteiger partial charge in [-0.1, -0.05) is 30.0 Å². The van der Waals surface area contributed by atoms with Crippen molar-refractivity contribution in [1.29, 1.82) is 0 Å². The molecule has 144 valence electrons. The van der Waals surface area contributed by atoms with Crippen LogP contribution >= 0.6 is 11.8 Å². The fourth-order valence-corrected chi connectivity index (χ4v) is 3.72. The first-order valence-electron chi connectivity index (χ1n) is 8.63. The van der Waals surface area contributed by atoms with Crippen LogP contribution in [0, 0.1) is 10.1 Å². The summed E-state index contributed by atoms with van der Waals surface area (Å²) in [6, 6.07) is 14.3. The van der Waals surface area contributed by atoms with Crippen molar-refractivity contribution in [3.05, 3.63) is 76.9 Å². The summed E-state index contributed by atoms with van der Waals surface area (Å²) < 4.78 is 7.18. The van der Waals surface area contributed by atoms with Crippen LogP contribution < -0.4 is 4.74 Å². The molecule has 0 aliphatic carbocycles. The minimum Gasteiger partial charge on any atom is -0.497 e. The first-order chi connectivity index (χ1) is 13.5. The van der Waals surface area contributed by atoms with Gasteiger partial charge in [0.05, 0.1) is 12.0 Å². The Balaban J connectivity index is 1.89. The van der Waals surface area contributed by atoms with Gasteiger partial charge in [-0.25, -0.2) is 0 Å². The summed E-state index contributed by atoms with van der Waals surface area (Å²) in [5.41, 5.74) is 1.86. The number of benzene rings is 2.